The number of nitrogens with one attached hydrogen (secondary N) is 2. The van der Waals surface area contributed by atoms with Crippen molar-refractivity contribution in [2.45, 2.75) is 45.2 Å². The van der Waals surface area contributed by atoms with Crippen LogP contribution in [0.4, 0.5) is 4.79 Å². The van der Waals surface area contributed by atoms with Crippen LogP contribution in [0.3, 0.4) is 0 Å². The highest BCUT2D eigenvalue weighted by Gasteiger charge is 2.34. The van der Waals surface area contributed by atoms with E-state index in [4.69, 9.17) is 10.8 Å². The summed E-state index contributed by atoms with van der Waals surface area (Å²) in [7, 11) is 0. The maximum Gasteiger partial charge on any atom is 0.407 e. The zero-order chi connectivity index (χ0) is 16.7. The van der Waals surface area contributed by atoms with Crippen molar-refractivity contribution in [3.8, 4) is 0 Å². The van der Waals surface area contributed by atoms with Gasteiger partial charge in [-0.1, -0.05) is 13.8 Å². The van der Waals surface area contributed by atoms with Crippen LogP contribution in [-0.2, 0) is 9.59 Å². The molecular weight excluding hydrogens is 288 g/mol. The SMILES string of the molecule is CC(C)C[C@@H](CNCC(N)=O)NC(=O)[C@H]1CCCN1C(=O)O. The van der Waals surface area contributed by atoms with Gasteiger partial charge in [0.05, 0.1) is 6.54 Å². The second kappa shape index (κ2) is 8.57. The van der Waals surface area contributed by atoms with E-state index in [1.807, 2.05) is 13.8 Å². The summed E-state index contributed by atoms with van der Waals surface area (Å²) in [5, 5.41) is 14.9. The lowest BCUT2D eigenvalue weighted by molar-refractivity contribution is -0.125. The molecule has 0 unspecified atom stereocenters. The number of carbonyl (C=O) groups is 3. The molecule has 1 aliphatic heterocycles. The topological polar surface area (TPSA) is 125 Å². The number of primary amides is 1. The van der Waals surface area contributed by atoms with Crippen LogP contribution in [0.5, 0.6) is 0 Å². The van der Waals surface area contributed by atoms with Crippen molar-refractivity contribution in [3.05, 3.63) is 0 Å². The highest BCUT2D eigenvalue weighted by Crippen LogP contribution is 2.18. The summed E-state index contributed by atoms with van der Waals surface area (Å²) in [5.41, 5.74) is 5.07. The fraction of sp³-hybridized carbons (Fsp3) is 0.786. The summed E-state index contributed by atoms with van der Waals surface area (Å²) in [6.45, 7) is 4.93. The van der Waals surface area contributed by atoms with Gasteiger partial charge in [0.2, 0.25) is 11.8 Å². The van der Waals surface area contributed by atoms with E-state index in [1.54, 1.807) is 0 Å². The molecule has 2 atom stereocenters. The molecule has 1 fully saturated rings. The van der Waals surface area contributed by atoms with E-state index in [-0.39, 0.29) is 18.5 Å². The molecule has 0 aromatic rings. The largest absolute Gasteiger partial charge is 0.465 e. The van der Waals surface area contributed by atoms with Gasteiger partial charge in [-0.2, -0.15) is 0 Å². The highest BCUT2D eigenvalue weighted by molar-refractivity contribution is 5.86. The average molecular weight is 314 g/mol. The predicted molar refractivity (Wildman–Crippen MR) is 81.2 cm³/mol. The molecule has 0 aliphatic carbocycles. The standard InChI is InChI=1S/C14H26N4O4/c1-9(2)6-10(7-16-8-12(15)19)17-13(20)11-4-3-5-18(11)14(21)22/h9-11,16H,3-8H2,1-2H3,(H2,15,19)(H,17,20)(H,21,22)/t10-,11+/m0/s1. The first-order valence-electron chi connectivity index (χ1n) is 7.60. The Morgan fingerprint density at radius 3 is 2.59 bits per heavy atom. The molecule has 0 aromatic heterocycles. The summed E-state index contributed by atoms with van der Waals surface area (Å²) >= 11 is 0. The number of carboxylic acid groups (broad SMARTS) is 1. The van der Waals surface area contributed by atoms with Crippen LogP contribution in [-0.4, -0.2) is 59.6 Å². The van der Waals surface area contributed by atoms with Gasteiger partial charge in [-0.3, -0.25) is 14.5 Å². The lowest BCUT2D eigenvalue weighted by Crippen LogP contribution is -2.51. The average Bonchev–Trinajstić information content (AvgIpc) is 2.86. The molecule has 0 bridgehead atoms. The monoisotopic (exact) mass is 314 g/mol. The van der Waals surface area contributed by atoms with Gasteiger partial charge in [0.25, 0.3) is 0 Å². The van der Waals surface area contributed by atoms with Crippen LogP contribution >= 0.6 is 0 Å². The number of carbonyl (C=O) groups excluding carboxylic acids is 2. The van der Waals surface area contributed by atoms with Gasteiger partial charge in [0, 0.05) is 19.1 Å². The Labute approximate surface area is 130 Å². The van der Waals surface area contributed by atoms with Gasteiger partial charge in [0.15, 0.2) is 0 Å². The van der Waals surface area contributed by atoms with E-state index in [0.29, 0.717) is 31.8 Å². The molecule has 0 aromatic carbocycles. The van der Waals surface area contributed by atoms with Gasteiger partial charge < -0.3 is 21.5 Å². The Morgan fingerprint density at radius 1 is 1.36 bits per heavy atom. The van der Waals surface area contributed by atoms with E-state index in [1.165, 1.54) is 4.90 Å². The molecule has 0 radical (unpaired) electrons. The quantitative estimate of drug-likeness (QED) is 0.491. The molecule has 1 heterocycles. The molecule has 8 heteroatoms. The van der Waals surface area contributed by atoms with Crippen molar-refractivity contribution in [3.63, 3.8) is 0 Å². The lowest BCUT2D eigenvalue weighted by Gasteiger charge is -2.26. The zero-order valence-corrected chi connectivity index (χ0v) is 13.2. The Morgan fingerprint density at radius 2 is 2.05 bits per heavy atom. The third-order valence-corrected chi connectivity index (χ3v) is 3.59. The smallest absolute Gasteiger partial charge is 0.407 e. The Hall–Kier alpha value is -1.83. The number of likely N-dealkylation sites (tertiary alicyclic amines) is 1. The van der Waals surface area contributed by atoms with Crippen LogP contribution in [0.1, 0.15) is 33.1 Å². The number of nitrogens with zero attached hydrogens (tertiary/aromatic N) is 1. The van der Waals surface area contributed by atoms with Crippen molar-refractivity contribution in [2.24, 2.45) is 11.7 Å². The van der Waals surface area contributed by atoms with Crippen molar-refractivity contribution >= 4 is 17.9 Å². The summed E-state index contributed by atoms with van der Waals surface area (Å²) < 4.78 is 0. The van der Waals surface area contributed by atoms with Crippen LogP contribution in [0.15, 0.2) is 0 Å². The minimum atomic E-state index is -1.06. The van der Waals surface area contributed by atoms with E-state index < -0.39 is 18.0 Å². The van der Waals surface area contributed by atoms with E-state index in [0.717, 1.165) is 6.42 Å². The fourth-order valence-electron chi connectivity index (χ4n) is 2.70. The van der Waals surface area contributed by atoms with Gasteiger partial charge in [0.1, 0.15) is 6.04 Å². The van der Waals surface area contributed by atoms with Crippen molar-refractivity contribution in [1.82, 2.24) is 15.5 Å². The Bertz CT molecular complexity index is 414. The minimum absolute atomic E-state index is 0.0507. The van der Waals surface area contributed by atoms with Gasteiger partial charge in [-0.05, 0) is 25.2 Å². The number of hydrogen-bond acceptors (Lipinski definition) is 4. The molecule has 126 valence electrons. The second-order valence-electron chi connectivity index (χ2n) is 6.07. The zero-order valence-electron chi connectivity index (χ0n) is 13.2. The molecule has 8 nitrogen and oxygen atoms in total. The third-order valence-electron chi connectivity index (χ3n) is 3.59. The van der Waals surface area contributed by atoms with Crippen molar-refractivity contribution in [1.29, 1.82) is 0 Å². The van der Waals surface area contributed by atoms with Crippen LogP contribution in [0.25, 0.3) is 0 Å². The minimum Gasteiger partial charge on any atom is -0.465 e. The molecule has 1 saturated heterocycles. The molecule has 0 saturated carbocycles. The summed E-state index contributed by atoms with van der Waals surface area (Å²) in [6.07, 6.45) is 0.905. The molecular formula is C14H26N4O4. The van der Waals surface area contributed by atoms with E-state index in [2.05, 4.69) is 10.6 Å². The first-order chi connectivity index (χ1) is 10.3. The summed E-state index contributed by atoms with van der Waals surface area (Å²) in [5.74, 6) is -0.367. The maximum absolute atomic E-state index is 12.3. The first kappa shape index (κ1) is 18.2. The fourth-order valence-corrected chi connectivity index (χ4v) is 2.70. The third kappa shape index (κ3) is 5.88. The van der Waals surface area contributed by atoms with Gasteiger partial charge >= 0.3 is 6.09 Å². The predicted octanol–water partition coefficient (Wildman–Crippen LogP) is -0.265. The molecule has 1 rings (SSSR count). The summed E-state index contributed by atoms with van der Waals surface area (Å²) in [4.78, 5) is 35.4. The van der Waals surface area contributed by atoms with Crippen molar-refractivity contribution in [2.75, 3.05) is 19.6 Å². The second-order valence-corrected chi connectivity index (χ2v) is 6.07. The maximum atomic E-state index is 12.3. The number of nitrogens with two attached hydrogens (primary N) is 1. The number of rotatable bonds is 8. The van der Waals surface area contributed by atoms with Crippen LogP contribution < -0.4 is 16.4 Å². The number of hydrogen-bond donors (Lipinski definition) is 4. The highest BCUT2D eigenvalue weighted by atomic mass is 16.4. The van der Waals surface area contributed by atoms with Crippen LogP contribution in [0, 0.1) is 5.92 Å². The summed E-state index contributed by atoms with van der Waals surface area (Å²) in [6, 6.07) is -0.786. The molecule has 5 N–H and O–H groups in total. The van der Waals surface area contributed by atoms with Crippen LogP contribution in [0.2, 0.25) is 0 Å². The molecule has 1 aliphatic rings. The van der Waals surface area contributed by atoms with E-state index >= 15 is 0 Å². The Kier molecular flexibility index (Phi) is 7.10. The molecule has 22 heavy (non-hydrogen) atoms. The molecule has 0 spiro atoms. The number of amides is 3. The first-order valence-corrected chi connectivity index (χ1v) is 7.60. The van der Waals surface area contributed by atoms with Crippen molar-refractivity contribution < 1.29 is 19.5 Å². The van der Waals surface area contributed by atoms with E-state index in [9.17, 15) is 14.4 Å². The van der Waals surface area contributed by atoms with Gasteiger partial charge in [-0.25, -0.2) is 4.79 Å². The lowest BCUT2D eigenvalue weighted by atomic mass is 10.0. The normalized spacial score (nSPS) is 19.2. The molecule has 3 amide bonds. The van der Waals surface area contributed by atoms with Gasteiger partial charge in [-0.15, -0.1) is 0 Å². The Balaban J connectivity index is 2.57.